The molecular weight excluding hydrogens is 432 g/mol. The zero-order valence-corrected chi connectivity index (χ0v) is 17.9. The van der Waals surface area contributed by atoms with Crippen LogP contribution < -0.4 is 10.6 Å². The molecule has 2 aromatic carbocycles. The predicted octanol–water partition coefficient (Wildman–Crippen LogP) is 3.27. The summed E-state index contributed by atoms with van der Waals surface area (Å²) in [4.78, 5) is 47.6. The summed E-state index contributed by atoms with van der Waals surface area (Å²) in [6.45, 7) is -0.223. The van der Waals surface area contributed by atoms with E-state index >= 15 is 0 Å². The predicted molar refractivity (Wildman–Crippen MR) is 116 cm³/mol. The van der Waals surface area contributed by atoms with E-state index in [4.69, 9.17) is 14.6 Å². The minimum Gasteiger partial charge on any atom is -0.481 e. The van der Waals surface area contributed by atoms with Crippen molar-refractivity contribution in [1.29, 1.82) is 0 Å². The molecule has 0 unspecified atom stereocenters. The lowest BCUT2D eigenvalue weighted by atomic mass is 10.0. The number of amides is 2. The summed E-state index contributed by atoms with van der Waals surface area (Å²) < 4.78 is 10.2. The van der Waals surface area contributed by atoms with Crippen LogP contribution in [0.2, 0.25) is 0 Å². The summed E-state index contributed by atoms with van der Waals surface area (Å²) >= 11 is 0. The number of unbranched alkanes of at least 4 members (excludes halogenated alkanes) is 1. The molecule has 0 atom stereocenters. The van der Waals surface area contributed by atoms with Crippen LogP contribution >= 0.6 is 0 Å². The zero-order chi connectivity index (χ0) is 24.1. The maximum absolute atomic E-state index is 12.4. The number of hydrogen-bond acceptors (Lipinski definition) is 6. The molecule has 0 aliphatic rings. The Labute approximate surface area is 190 Å². The number of aliphatic carboxylic acids is 2. The van der Waals surface area contributed by atoms with Gasteiger partial charge in [-0.15, -0.1) is 0 Å². The van der Waals surface area contributed by atoms with E-state index < -0.39 is 29.8 Å². The van der Waals surface area contributed by atoms with Gasteiger partial charge in [-0.1, -0.05) is 60.7 Å². The molecule has 33 heavy (non-hydrogen) atoms. The fourth-order valence-electron chi connectivity index (χ4n) is 2.90. The van der Waals surface area contributed by atoms with Gasteiger partial charge in [-0.3, -0.25) is 15.4 Å². The first-order chi connectivity index (χ1) is 15.8. The highest BCUT2D eigenvalue weighted by Crippen LogP contribution is 2.15. The number of carboxylic acid groups (broad SMARTS) is 2. The molecule has 0 saturated heterocycles. The molecule has 0 aliphatic heterocycles. The Bertz CT molecular complexity index is 876. The average molecular weight is 458 g/mol. The summed E-state index contributed by atoms with van der Waals surface area (Å²) in [7, 11) is 0. The normalized spacial score (nSPS) is 10.7. The van der Waals surface area contributed by atoms with Gasteiger partial charge in [0, 0.05) is 12.8 Å². The van der Waals surface area contributed by atoms with E-state index in [-0.39, 0.29) is 38.9 Å². The lowest BCUT2D eigenvalue weighted by Crippen LogP contribution is -2.65. The standard InChI is InChI=1S/C23H26N2O8/c26-19(27)13-7-8-14-23(20(28)29,24-21(30)32-15-17-9-3-1-4-10-17)25-22(31)33-16-18-11-5-2-6-12-18/h1-6,9-12H,7-8,13-16H2,(H,24,30)(H,25,31)(H,26,27)(H,28,29). The molecular formula is C23H26N2O8. The molecule has 0 heterocycles. The third kappa shape index (κ3) is 8.90. The fraction of sp³-hybridized carbons (Fsp3) is 0.304. The second-order valence-electron chi connectivity index (χ2n) is 7.18. The van der Waals surface area contributed by atoms with Gasteiger partial charge in [0.25, 0.3) is 0 Å². The molecule has 10 heteroatoms. The third-order valence-corrected chi connectivity index (χ3v) is 4.61. The molecule has 4 N–H and O–H groups in total. The summed E-state index contributed by atoms with van der Waals surface area (Å²) in [5.41, 5.74) is -0.879. The SMILES string of the molecule is O=C(O)CCCCC(NC(=O)OCc1ccccc1)(NC(=O)OCc1ccccc1)C(=O)O. The first kappa shape index (κ1) is 25.2. The Balaban J connectivity index is 2.06. The highest BCUT2D eigenvalue weighted by Gasteiger charge is 2.42. The van der Waals surface area contributed by atoms with Gasteiger partial charge in [0.05, 0.1) is 0 Å². The molecule has 0 radical (unpaired) electrons. The van der Waals surface area contributed by atoms with Crippen molar-refractivity contribution in [3.05, 3.63) is 71.8 Å². The first-order valence-corrected chi connectivity index (χ1v) is 10.2. The number of benzene rings is 2. The van der Waals surface area contributed by atoms with Crippen molar-refractivity contribution in [3.8, 4) is 0 Å². The van der Waals surface area contributed by atoms with E-state index in [2.05, 4.69) is 10.6 Å². The van der Waals surface area contributed by atoms with Crippen molar-refractivity contribution in [2.24, 2.45) is 0 Å². The van der Waals surface area contributed by atoms with Crippen LogP contribution in [0.25, 0.3) is 0 Å². The van der Waals surface area contributed by atoms with Gasteiger partial charge in [-0.2, -0.15) is 0 Å². The van der Waals surface area contributed by atoms with Crippen molar-refractivity contribution in [2.45, 2.75) is 44.6 Å². The summed E-state index contributed by atoms with van der Waals surface area (Å²) in [5, 5.41) is 23.0. The molecule has 0 aromatic heterocycles. The van der Waals surface area contributed by atoms with E-state index in [1.807, 2.05) is 0 Å². The van der Waals surface area contributed by atoms with Crippen LogP contribution in [0.4, 0.5) is 9.59 Å². The zero-order valence-electron chi connectivity index (χ0n) is 17.9. The van der Waals surface area contributed by atoms with Gasteiger partial charge in [-0.25, -0.2) is 14.4 Å². The van der Waals surface area contributed by atoms with Crippen LogP contribution in [0, 0.1) is 0 Å². The number of carbonyl (C=O) groups excluding carboxylic acids is 2. The Kier molecular flexibility index (Phi) is 9.69. The summed E-state index contributed by atoms with van der Waals surface area (Å²) in [5.74, 6) is -2.59. The van der Waals surface area contributed by atoms with Gasteiger partial charge in [0.2, 0.25) is 5.66 Å². The van der Waals surface area contributed by atoms with Gasteiger partial charge >= 0.3 is 24.1 Å². The van der Waals surface area contributed by atoms with Crippen LogP contribution in [0.5, 0.6) is 0 Å². The molecule has 2 aromatic rings. The molecule has 2 amide bonds. The quantitative estimate of drug-likeness (QED) is 0.279. The molecule has 0 bridgehead atoms. The van der Waals surface area contributed by atoms with Gasteiger partial charge in [0.15, 0.2) is 0 Å². The summed E-state index contributed by atoms with van der Waals surface area (Å²) in [6, 6.07) is 17.5. The Hall–Kier alpha value is -4.08. The van der Waals surface area contributed by atoms with Crippen LogP contribution in [0.1, 0.15) is 36.8 Å². The van der Waals surface area contributed by atoms with E-state index in [0.29, 0.717) is 11.1 Å². The second-order valence-corrected chi connectivity index (χ2v) is 7.18. The molecule has 0 spiro atoms. The monoisotopic (exact) mass is 458 g/mol. The number of ether oxygens (including phenoxy) is 2. The molecule has 0 saturated carbocycles. The Morgan fingerprint density at radius 2 is 1.18 bits per heavy atom. The minimum absolute atomic E-state index is 0.0938. The number of hydrogen-bond donors (Lipinski definition) is 4. The maximum Gasteiger partial charge on any atom is 0.409 e. The van der Waals surface area contributed by atoms with Crippen LogP contribution in [0.3, 0.4) is 0 Å². The van der Waals surface area contributed by atoms with Gasteiger partial charge in [0.1, 0.15) is 13.2 Å². The molecule has 176 valence electrons. The second kappa shape index (κ2) is 12.7. The summed E-state index contributed by atoms with van der Waals surface area (Å²) in [6.07, 6.45) is -2.36. The van der Waals surface area contributed by atoms with Crippen molar-refractivity contribution in [2.75, 3.05) is 0 Å². The first-order valence-electron chi connectivity index (χ1n) is 10.2. The van der Waals surface area contributed by atoms with Crippen LogP contribution in [0.15, 0.2) is 60.7 Å². The van der Waals surface area contributed by atoms with Gasteiger partial charge < -0.3 is 19.7 Å². The number of alkyl carbamates (subject to hydrolysis) is 2. The van der Waals surface area contributed by atoms with Crippen molar-refractivity contribution in [3.63, 3.8) is 0 Å². The number of rotatable bonds is 12. The van der Waals surface area contributed by atoms with Crippen LogP contribution in [-0.2, 0) is 32.3 Å². The van der Waals surface area contributed by atoms with E-state index in [1.54, 1.807) is 60.7 Å². The topological polar surface area (TPSA) is 151 Å². The molecule has 10 nitrogen and oxygen atoms in total. The maximum atomic E-state index is 12.4. The van der Waals surface area contributed by atoms with E-state index in [0.717, 1.165) is 0 Å². The highest BCUT2D eigenvalue weighted by molar-refractivity contribution is 5.87. The van der Waals surface area contributed by atoms with Crippen molar-refractivity contribution < 1.29 is 38.9 Å². The lowest BCUT2D eigenvalue weighted by molar-refractivity contribution is -0.146. The molecule has 0 fully saturated rings. The number of nitrogens with one attached hydrogen (secondary N) is 2. The van der Waals surface area contributed by atoms with E-state index in [1.165, 1.54) is 0 Å². The smallest absolute Gasteiger partial charge is 0.409 e. The minimum atomic E-state index is -2.25. The molecule has 2 rings (SSSR count). The number of carbonyl (C=O) groups is 4. The van der Waals surface area contributed by atoms with Crippen LogP contribution in [-0.4, -0.2) is 40.0 Å². The highest BCUT2D eigenvalue weighted by atomic mass is 16.6. The largest absolute Gasteiger partial charge is 0.481 e. The van der Waals surface area contributed by atoms with E-state index in [9.17, 15) is 24.3 Å². The number of carboxylic acids is 2. The van der Waals surface area contributed by atoms with Crippen molar-refractivity contribution >= 4 is 24.1 Å². The van der Waals surface area contributed by atoms with Crippen molar-refractivity contribution in [1.82, 2.24) is 10.6 Å². The lowest BCUT2D eigenvalue weighted by Gasteiger charge is -2.30. The Morgan fingerprint density at radius 1 is 0.727 bits per heavy atom. The van der Waals surface area contributed by atoms with Gasteiger partial charge in [-0.05, 0) is 24.0 Å². The third-order valence-electron chi connectivity index (χ3n) is 4.61. The average Bonchev–Trinajstić information content (AvgIpc) is 2.80. The molecule has 0 aliphatic carbocycles. The Morgan fingerprint density at radius 3 is 1.58 bits per heavy atom. The fourth-order valence-corrected chi connectivity index (χ4v) is 2.90.